The van der Waals surface area contributed by atoms with Gasteiger partial charge in [-0.15, -0.1) is 0 Å². The quantitative estimate of drug-likeness (QED) is 0.532. The molecule has 6 heteroatoms. The zero-order valence-corrected chi connectivity index (χ0v) is 7.53. The van der Waals surface area contributed by atoms with Gasteiger partial charge in [0.15, 0.2) is 7.85 Å². The molecule has 2 heterocycles. The van der Waals surface area contributed by atoms with Crippen LogP contribution >= 0.6 is 0 Å². The summed E-state index contributed by atoms with van der Waals surface area (Å²) in [5, 5.41) is 6.08. The molecule has 0 saturated carbocycles. The van der Waals surface area contributed by atoms with E-state index in [1.54, 1.807) is 6.20 Å². The lowest BCUT2D eigenvalue weighted by molar-refractivity contribution is 0.805. The molecule has 1 N–H and O–H groups in total. The fraction of sp³-hybridized carbons (Fsp3) is 0.286. The van der Waals surface area contributed by atoms with E-state index in [4.69, 9.17) is 0 Å². The Labute approximate surface area is 75.2 Å². The normalized spacial score (nSPS) is 10.8. The first-order valence-electron chi connectivity index (χ1n) is 4.14. The Morgan fingerprint density at radius 3 is 3.15 bits per heavy atom. The van der Waals surface area contributed by atoms with Crippen LogP contribution in [0.2, 0.25) is 0 Å². The lowest BCUT2D eigenvalue weighted by Crippen LogP contribution is -2.21. The van der Waals surface area contributed by atoms with Crippen LogP contribution in [0.3, 0.4) is 0 Å². The van der Waals surface area contributed by atoms with Crippen LogP contribution in [0.5, 0.6) is 0 Å². The molecule has 0 radical (unpaired) electrons. The second-order valence-corrected chi connectivity index (χ2v) is 2.84. The minimum atomic E-state index is -0.181. The van der Waals surface area contributed by atoms with Gasteiger partial charge >= 0.3 is 0 Å². The van der Waals surface area contributed by atoms with Crippen LogP contribution in [0.25, 0.3) is 11.0 Å². The summed E-state index contributed by atoms with van der Waals surface area (Å²) in [4.78, 5) is 15.6. The molecule has 13 heavy (non-hydrogen) atoms. The van der Waals surface area contributed by atoms with E-state index in [0.717, 1.165) is 12.3 Å². The number of aromatic nitrogens is 4. The van der Waals surface area contributed by atoms with Gasteiger partial charge in [-0.1, -0.05) is 0 Å². The maximum atomic E-state index is 11.4. The van der Waals surface area contributed by atoms with E-state index >= 15 is 0 Å². The van der Waals surface area contributed by atoms with Gasteiger partial charge in [-0.25, -0.2) is 10.1 Å². The van der Waals surface area contributed by atoms with E-state index in [1.807, 2.05) is 19.3 Å². The lowest BCUT2D eigenvalue weighted by atomic mass is 10.1. The summed E-state index contributed by atoms with van der Waals surface area (Å²) < 4.78 is 1.87. The molecule has 0 amide bonds. The summed E-state index contributed by atoms with van der Waals surface area (Å²) in [5.74, 6) is 0. The Bertz CT molecular complexity index is 501. The van der Waals surface area contributed by atoms with Gasteiger partial charge in [0, 0.05) is 6.54 Å². The van der Waals surface area contributed by atoms with E-state index < -0.39 is 0 Å². The van der Waals surface area contributed by atoms with Crippen molar-refractivity contribution in [2.45, 2.75) is 13.5 Å². The number of hydrogen-bond acceptors (Lipinski definition) is 3. The Hall–Kier alpha value is -1.59. The largest absolute Gasteiger partial charge is 0.332 e. The number of fused-ring (bicyclic) bond motifs is 1. The third-order valence-corrected chi connectivity index (χ3v) is 2.07. The highest BCUT2D eigenvalue weighted by Crippen LogP contribution is 2.01. The first-order chi connectivity index (χ1) is 6.24. The smallest absolute Gasteiger partial charge is 0.290 e. The molecule has 0 spiro atoms. The maximum Gasteiger partial charge on any atom is 0.290 e. The van der Waals surface area contributed by atoms with Crippen LogP contribution in [0.15, 0.2) is 11.0 Å². The Morgan fingerprint density at radius 1 is 1.69 bits per heavy atom. The van der Waals surface area contributed by atoms with Gasteiger partial charge in [0.05, 0.1) is 11.9 Å². The first-order valence-corrected chi connectivity index (χ1v) is 4.14. The monoisotopic (exact) mass is 176 g/mol. The van der Waals surface area contributed by atoms with Crippen molar-refractivity contribution in [3.05, 3.63) is 16.6 Å². The van der Waals surface area contributed by atoms with E-state index in [2.05, 4.69) is 15.2 Å². The van der Waals surface area contributed by atoms with Crippen molar-refractivity contribution in [2.24, 2.45) is 0 Å². The van der Waals surface area contributed by atoms with Crippen LogP contribution in [-0.4, -0.2) is 27.6 Å². The second kappa shape index (κ2) is 2.72. The summed E-state index contributed by atoms with van der Waals surface area (Å²) in [7, 11) is 1.88. The molecule has 0 aliphatic rings. The Balaban J connectivity index is 2.97. The number of rotatable bonds is 1. The van der Waals surface area contributed by atoms with Crippen LogP contribution in [0.4, 0.5) is 0 Å². The average Bonchev–Trinajstić information content (AvgIpc) is 2.42. The van der Waals surface area contributed by atoms with Crippen molar-refractivity contribution in [3.8, 4) is 0 Å². The van der Waals surface area contributed by atoms with Gasteiger partial charge < -0.3 is 4.57 Å². The van der Waals surface area contributed by atoms with Crippen LogP contribution in [-0.2, 0) is 6.54 Å². The van der Waals surface area contributed by atoms with E-state index in [0.29, 0.717) is 11.0 Å². The average molecular weight is 176 g/mol. The maximum absolute atomic E-state index is 11.4. The molecule has 5 nitrogen and oxygen atoms in total. The van der Waals surface area contributed by atoms with Gasteiger partial charge in [0.1, 0.15) is 11.0 Å². The van der Waals surface area contributed by atoms with Crippen LogP contribution in [0.1, 0.15) is 6.92 Å². The number of nitrogens with one attached hydrogen (secondary N) is 1. The molecular formula is C7H9BN4O. The van der Waals surface area contributed by atoms with Gasteiger partial charge in [0.2, 0.25) is 0 Å². The molecule has 2 aromatic heterocycles. The molecule has 0 aromatic carbocycles. The fourth-order valence-electron chi connectivity index (χ4n) is 1.51. The zero-order valence-electron chi connectivity index (χ0n) is 7.53. The second-order valence-electron chi connectivity index (χ2n) is 2.84. The molecule has 2 rings (SSSR count). The molecular weight excluding hydrogens is 167 g/mol. The van der Waals surface area contributed by atoms with Gasteiger partial charge in [-0.2, -0.15) is 5.10 Å². The number of aryl methyl sites for hydroxylation is 1. The molecule has 0 unspecified atom stereocenters. The van der Waals surface area contributed by atoms with Crippen molar-refractivity contribution in [3.63, 3.8) is 0 Å². The topological polar surface area (TPSA) is 63.6 Å². The molecule has 66 valence electrons. The summed E-state index contributed by atoms with van der Waals surface area (Å²) in [6.07, 6.45) is 1.57. The van der Waals surface area contributed by atoms with Crippen molar-refractivity contribution in [1.29, 1.82) is 0 Å². The molecule has 0 aliphatic heterocycles. The minimum Gasteiger partial charge on any atom is -0.332 e. The molecule has 2 aromatic rings. The van der Waals surface area contributed by atoms with E-state index in [-0.39, 0.29) is 5.56 Å². The van der Waals surface area contributed by atoms with Crippen molar-refractivity contribution in [2.75, 3.05) is 0 Å². The molecule has 0 saturated heterocycles. The predicted octanol–water partition coefficient (Wildman–Crippen LogP) is -1.60. The Kier molecular flexibility index (Phi) is 1.68. The molecule has 0 atom stereocenters. The summed E-state index contributed by atoms with van der Waals surface area (Å²) in [5.41, 5.74) is 1.93. The summed E-state index contributed by atoms with van der Waals surface area (Å²) in [6, 6.07) is 0. The fourth-order valence-corrected chi connectivity index (χ4v) is 1.51. The number of nitrogens with zero attached hydrogens (tertiary/aromatic N) is 3. The first kappa shape index (κ1) is 8.03. The lowest BCUT2D eigenvalue weighted by Gasteiger charge is -1.99. The number of aromatic amines is 1. The van der Waals surface area contributed by atoms with Gasteiger partial charge in [-0.05, 0) is 6.92 Å². The van der Waals surface area contributed by atoms with E-state index in [1.165, 1.54) is 0 Å². The minimum absolute atomic E-state index is 0.181. The van der Waals surface area contributed by atoms with Crippen molar-refractivity contribution >= 4 is 24.6 Å². The number of hydrogen-bond donors (Lipinski definition) is 1. The highest BCUT2D eigenvalue weighted by atomic mass is 16.1. The number of imidazole rings is 1. The summed E-state index contributed by atoms with van der Waals surface area (Å²) in [6.45, 7) is 2.73. The highest BCUT2D eigenvalue weighted by Gasteiger charge is 2.08. The van der Waals surface area contributed by atoms with Crippen molar-refractivity contribution in [1.82, 2.24) is 19.7 Å². The summed E-state index contributed by atoms with van der Waals surface area (Å²) >= 11 is 0. The van der Waals surface area contributed by atoms with Crippen LogP contribution in [0, 0.1) is 0 Å². The molecule has 0 aliphatic carbocycles. The van der Waals surface area contributed by atoms with Gasteiger partial charge in [0.25, 0.3) is 5.56 Å². The SMILES string of the molecule is Bc1nc2cn[nH]c(=O)c2n1CC. The highest BCUT2D eigenvalue weighted by molar-refractivity contribution is 6.30. The standard InChI is InChI=1S/C7H9BN4O/c1-2-12-5-4(10-7(12)8)3-9-11-6(5)13/h3H,2,8H2,1H3,(H,11,13). The third-order valence-electron chi connectivity index (χ3n) is 2.07. The van der Waals surface area contributed by atoms with E-state index in [9.17, 15) is 4.79 Å². The van der Waals surface area contributed by atoms with Gasteiger partial charge in [-0.3, -0.25) is 4.79 Å². The predicted molar refractivity (Wildman–Crippen MR) is 52.0 cm³/mol. The Morgan fingerprint density at radius 2 is 2.46 bits per heavy atom. The third kappa shape index (κ3) is 1.06. The molecule has 0 bridgehead atoms. The molecule has 0 fully saturated rings. The van der Waals surface area contributed by atoms with Crippen LogP contribution < -0.4 is 11.3 Å². The van der Waals surface area contributed by atoms with Crippen molar-refractivity contribution < 1.29 is 0 Å². The zero-order chi connectivity index (χ0) is 9.42. The number of H-pyrrole nitrogens is 1.